The minimum atomic E-state index is -1.08. The summed E-state index contributed by atoms with van der Waals surface area (Å²) >= 11 is 0. The lowest BCUT2D eigenvalue weighted by Gasteiger charge is -2.08. The van der Waals surface area contributed by atoms with Crippen LogP contribution in [0.5, 0.6) is 0 Å². The predicted molar refractivity (Wildman–Crippen MR) is 81.4 cm³/mol. The fourth-order valence-corrected chi connectivity index (χ4v) is 2.61. The van der Waals surface area contributed by atoms with Crippen LogP contribution in [-0.4, -0.2) is 25.4 Å². The topological polar surface area (TPSA) is 60.0 Å². The molecule has 0 unspecified atom stereocenters. The molecule has 0 fully saturated rings. The summed E-state index contributed by atoms with van der Waals surface area (Å²) in [5.41, 5.74) is 1.69. The molecule has 3 rings (SSSR count). The van der Waals surface area contributed by atoms with Crippen molar-refractivity contribution in [1.29, 1.82) is 0 Å². The molecule has 2 heterocycles. The first-order chi connectivity index (χ1) is 10.9. The molecule has 0 saturated heterocycles. The average Bonchev–Trinajstić information content (AvgIpc) is 2.97. The molecule has 0 saturated carbocycles. The third-order valence-corrected chi connectivity index (χ3v) is 3.59. The van der Waals surface area contributed by atoms with Gasteiger partial charge in [0.2, 0.25) is 0 Å². The number of hydrogen-bond donors (Lipinski definition) is 1. The summed E-state index contributed by atoms with van der Waals surface area (Å²) in [7, 11) is 1.70. The van der Waals surface area contributed by atoms with Gasteiger partial charge in [-0.2, -0.15) is 5.10 Å². The fourth-order valence-electron chi connectivity index (χ4n) is 2.61. The van der Waals surface area contributed by atoms with E-state index in [1.165, 1.54) is 6.08 Å². The van der Waals surface area contributed by atoms with Crippen molar-refractivity contribution < 1.29 is 18.7 Å². The first kappa shape index (κ1) is 15.0. The highest BCUT2D eigenvalue weighted by atomic mass is 19.2. The maximum atomic E-state index is 13.6. The van der Waals surface area contributed by atoms with Crippen LogP contribution >= 0.6 is 0 Å². The van der Waals surface area contributed by atoms with Gasteiger partial charge in [-0.1, -0.05) is 0 Å². The molecular formula is C16H13F2N3O2. The second-order valence-corrected chi connectivity index (χ2v) is 5.13. The Kier molecular flexibility index (Phi) is 3.48. The third kappa shape index (κ3) is 2.50. The van der Waals surface area contributed by atoms with Crippen LogP contribution in [0.4, 0.5) is 8.78 Å². The number of rotatable bonds is 3. The molecule has 5 nitrogen and oxygen atoms in total. The number of fused-ring (bicyclic) bond motifs is 1. The molecule has 118 valence electrons. The summed E-state index contributed by atoms with van der Waals surface area (Å²) in [6.45, 7) is 1.75. The minimum Gasteiger partial charge on any atom is -0.478 e. The van der Waals surface area contributed by atoms with Gasteiger partial charge in [0.25, 0.3) is 0 Å². The van der Waals surface area contributed by atoms with Crippen molar-refractivity contribution >= 4 is 22.9 Å². The summed E-state index contributed by atoms with van der Waals surface area (Å²) in [5.74, 6) is -2.37. The zero-order valence-corrected chi connectivity index (χ0v) is 12.4. The number of nitrogens with zero attached hydrogens (tertiary/aromatic N) is 3. The largest absolute Gasteiger partial charge is 0.478 e. The van der Waals surface area contributed by atoms with Gasteiger partial charge in [0.15, 0.2) is 11.6 Å². The quantitative estimate of drug-likeness (QED) is 0.755. The Bertz CT molecular complexity index is 954. The van der Waals surface area contributed by atoms with Gasteiger partial charge in [-0.05, 0) is 25.1 Å². The molecule has 0 atom stereocenters. The van der Waals surface area contributed by atoms with Gasteiger partial charge in [0.1, 0.15) is 5.82 Å². The van der Waals surface area contributed by atoms with Crippen molar-refractivity contribution in [2.45, 2.75) is 6.92 Å². The number of carboxylic acid groups (broad SMARTS) is 1. The Morgan fingerprint density at radius 1 is 1.30 bits per heavy atom. The second kappa shape index (κ2) is 5.35. The molecule has 2 aromatic heterocycles. The lowest BCUT2D eigenvalue weighted by atomic mass is 10.2. The van der Waals surface area contributed by atoms with E-state index in [4.69, 9.17) is 5.11 Å². The van der Waals surface area contributed by atoms with Crippen molar-refractivity contribution in [3.63, 3.8) is 0 Å². The predicted octanol–water partition coefficient (Wildman–Crippen LogP) is 3.05. The molecule has 0 aliphatic heterocycles. The highest BCUT2D eigenvalue weighted by Crippen LogP contribution is 2.27. The number of aromatic nitrogens is 3. The lowest BCUT2D eigenvalue weighted by molar-refractivity contribution is -0.131. The smallest absolute Gasteiger partial charge is 0.328 e. The van der Waals surface area contributed by atoms with Gasteiger partial charge in [0.05, 0.1) is 11.2 Å². The van der Waals surface area contributed by atoms with Gasteiger partial charge in [-0.25, -0.2) is 13.6 Å². The molecule has 1 aromatic carbocycles. The molecule has 7 heteroatoms. The highest BCUT2D eigenvalue weighted by Gasteiger charge is 2.16. The molecule has 0 aliphatic carbocycles. The normalized spacial score (nSPS) is 11.7. The maximum absolute atomic E-state index is 13.6. The van der Waals surface area contributed by atoms with Crippen LogP contribution in [0, 0.1) is 18.6 Å². The maximum Gasteiger partial charge on any atom is 0.328 e. The van der Waals surface area contributed by atoms with Crippen molar-refractivity contribution in [2.24, 2.45) is 7.05 Å². The number of aryl methyl sites for hydroxylation is 2. The van der Waals surface area contributed by atoms with Crippen LogP contribution in [0.1, 0.15) is 11.3 Å². The van der Waals surface area contributed by atoms with E-state index < -0.39 is 17.6 Å². The number of halogens is 2. The summed E-state index contributed by atoms with van der Waals surface area (Å²) in [4.78, 5) is 10.8. The van der Waals surface area contributed by atoms with E-state index in [0.717, 1.165) is 18.2 Å². The number of carboxylic acids is 1. The Labute approximate surface area is 130 Å². The molecule has 0 radical (unpaired) electrons. The second-order valence-electron chi connectivity index (χ2n) is 5.13. The Morgan fingerprint density at radius 2 is 2.00 bits per heavy atom. The molecule has 0 amide bonds. The van der Waals surface area contributed by atoms with Crippen LogP contribution in [0.25, 0.3) is 22.8 Å². The number of benzene rings is 1. The van der Waals surface area contributed by atoms with Gasteiger partial charge in [-0.15, -0.1) is 0 Å². The summed E-state index contributed by atoms with van der Waals surface area (Å²) in [6, 6.07) is 3.89. The number of carbonyl (C=O) groups is 1. The van der Waals surface area contributed by atoms with Gasteiger partial charge >= 0.3 is 5.97 Å². The molecule has 23 heavy (non-hydrogen) atoms. The van der Waals surface area contributed by atoms with Crippen LogP contribution in [-0.2, 0) is 11.8 Å². The standard InChI is InChI=1S/C16H13F2N3O2/c1-9-11(3-4-15(22)23)16(20(2)19-9)21-6-5-10-7-12(17)13(18)8-14(10)21/h3-8H,1-2H3,(H,22,23)/b4-3+. The van der Waals surface area contributed by atoms with Crippen LogP contribution in [0.3, 0.4) is 0 Å². The van der Waals surface area contributed by atoms with Crippen LogP contribution in [0.2, 0.25) is 0 Å². The molecule has 0 aliphatic rings. The molecule has 1 N–H and O–H groups in total. The molecule has 0 bridgehead atoms. The number of hydrogen-bond acceptors (Lipinski definition) is 2. The lowest BCUT2D eigenvalue weighted by Crippen LogP contribution is -2.03. The van der Waals surface area contributed by atoms with Crippen LogP contribution < -0.4 is 0 Å². The zero-order valence-electron chi connectivity index (χ0n) is 12.4. The Morgan fingerprint density at radius 3 is 2.70 bits per heavy atom. The van der Waals surface area contributed by atoms with Crippen molar-refractivity contribution in [3.05, 3.63) is 53.4 Å². The van der Waals surface area contributed by atoms with E-state index in [-0.39, 0.29) is 0 Å². The van der Waals surface area contributed by atoms with Crippen molar-refractivity contribution in [3.8, 4) is 5.82 Å². The van der Waals surface area contributed by atoms with Crippen LogP contribution in [0.15, 0.2) is 30.5 Å². The average molecular weight is 317 g/mol. The molecule has 3 aromatic rings. The molecular weight excluding hydrogens is 304 g/mol. The van der Waals surface area contributed by atoms with Gasteiger partial charge in [-0.3, -0.25) is 4.68 Å². The SMILES string of the molecule is Cc1nn(C)c(-n2ccc3cc(F)c(F)cc32)c1/C=C/C(=O)O. The van der Waals surface area contributed by atoms with E-state index >= 15 is 0 Å². The van der Waals surface area contributed by atoms with Gasteiger partial charge < -0.3 is 9.67 Å². The Balaban J connectivity index is 2.27. The van der Waals surface area contributed by atoms with Gasteiger partial charge in [0, 0.05) is 36.3 Å². The monoisotopic (exact) mass is 317 g/mol. The fraction of sp³-hybridized carbons (Fsp3) is 0.125. The van der Waals surface area contributed by atoms with E-state index in [9.17, 15) is 13.6 Å². The number of aliphatic carboxylic acids is 1. The highest BCUT2D eigenvalue weighted by molar-refractivity contribution is 5.87. The Hall–Kier alpha value is -2.96. The summed E-state index contributed by atoms with van der Waals surface area (Å²) in [6.07, 6.45) is 4.11. The van der Waals surface area contributed by atoms with E-state index in [1.54, 1.807) is 35.5 Å². The van der Waals surface area contributed by atoms with E-state index in [2.05, 4.69) is 5.10 Å². The molecule has 0 spiro atoms. The summed E-state index contributed by atoms with van der Waals surface area (Å²) in [5, 5.41) is 13.6. The third-order valence-electron chi connectivity index (χ3n) is 3.59. The first-order valence-corrected chi connectivity index (χ1v) is 6.79. The van der Waals surface area contributed by atoms with Crippen molar-refractivity contribution in [2.75, 3.05) is 0 Å². The van der Waals surface area contributed by atoms with E-state index in [1.807, 2.05) is 0 Å². The zero-order chi connectivity index (χ0) is 16.7. The van der Waals surface area contributed by atoms with E-state index in [0.29, 0.717) is 28.0 Å². The summed E-state index contributed by atoms with van der Waals surface area (Å²) < 4.78 is 30.2. The van der Waals surface area contributed by atoms with Crippen molar-refractivity contribution in [1.82, 2.24) is 14.3 Å². The first-order valence-electron chi connectivity index (χ1n) is 6.79. The minimum absolute atomic E-state index is 0.469.